The van der Waals surface area contributed by atoms with E-state index < -0.39 is 17.6 Å². The van der Waals surface area contributed by atoms with E-state index in [9.17, 15) is 14.4 Å². The first-order valence-corrected chi connectivity index (χ1v) is 8.85. The third kappa shape index (κ3) is 3.42. The van der Waals surface area contributed by atoms with E-state index in [0.29, 0.717) is 37.6 Å². The average Bonchev–Trinajstić information content (AvgIpc) is 3.15. The zero-order valence-corrected chi connectivity index (χ0v) is 15.5. The number of carbonyl (C=O) groups is 3. The number of likely N-dealkylation sites (tertiary alicyclic amines) is 1. The number of hydrogen-bond donors (Lipinski definition) is 0. The molecule has 1 aromatic rings. The fraction of sp³-hybridized carbons (Fsp3) is 0.706. The molecule has 0 aromatic carbocycles. The minimum atomic E-state index is -1.21. The van der Waals surface area contributed by atoms with Crippen molar-refractivity contribution in [1.29, 1.82) is 0 Å². The van der Waals surface area contributed by atoms with Gasteiger partial charge in [0, 0.05) is 24.9 Å². The highest BCUT2D eigenvalue weighted by Crippen LogP contribution is 2.28. The molecule has 0 atom stereocenters. The zero-order valence-electron chi connectivity index (χ0n) is 15.5. The summed E-state index contributed by atoms with van der Waals surface area (Å²) in [4.78, 5) is 43.4. The topological polar surface area (TPSA) is 106 Å². The molecule has 3 rings (SSSR count). The third-order valence-electron chi connectivity index (χ3n) is 4.79. The minimum Gasteiger partial charge on any atom is -0.433 e. The maximum absolute atomic E-state index is 12.5. The van der Waals surface area contributed by atoms with Gasteiger partial charge in [0.1, 0.15) is 6.54 Å². The maximum Gasteiger partial charge on any atom is 0.418 e. The van der Waals surface area contributed by atoms with E-state index >= 15 is 0 Å². The van der Waals surface area contributed by atoms with Crippen LogP contribution in [-0.2, 0) is 14.3 Å². The molecule has 9 heteroatoms. The molecule has 0 bridgehead atoms. The predicted octanol–water partition coefficient (Wildman–Crippen LogP) is 1.66. The zero-order chi connectivity index (χ0) is 19.1. The number of ether oxygens (including phenoxy) is 1. The molecule has 2 saturated heterocycles. The van der Waals surface area contributed by atoms with Crippen molar-refractivity contribution in [2.45, 2.75) is 58.0 Å². The van der Waals surface area contributed by atoms with Crippen LogP contribution < -0.4 is 0 Å². The smallest absolute Gasteiger partial charge is 0.418 e. The van der Waals surface area contributed by atoms with E-state index in [1.54, 1.807) is 4.90 Å². The van der Waals surface area contributed by atoms with Gasteiger partial charge in [-0.25, -0.2) is 9.69 Å². The van der Waals surface area contributed by atoms with Crippen LogP contribution in [-0.4, -0.2) is 63.1 Å². The van der Waals surface area contributed by atoms with Crippen molar-refractivity contribution in [3.05, 3.63) is 11.7 Å². The number of nitrogens with zero attached hydrogens (tertiary/aromatic N) is 4. The lowest BCUT2D eigenvalue weighted by molar-refractivity contribution is -0.140. The Bertz CT molecular complexity index is 718. The fourth-order valence-corrected chi connectivity index (χ4v) is 3.12. The second kappa shape index (κ2) is 6.69. The van der Waals surface area contributed by atoms with Gasteiger partial charge in [0.15, 0.2) is 11.4 Å². The van der Waals surface area contributed by atoms with E-state index in [2.05, 4.69) is 10.1 Å². The Balaban J connectivity index is 1.55. The van der Waals surface area contributed by atoms with Gasteiger partial charge >= 0.3 is 6.09 Å². The lowest BCUT2D eigenvalue weighted by Crippen LogP contribution is -2.46. The summed E-state index contributed by atoms with van der Waals surface area (Å²) in [5.41, 5.74) is -1.21. The molecule has 3 heterocycles. The quantitative estimate of drug-likeness (QED) is 0.800. The highest BCUT2D eigenvalue weighted by molar-refractivity contribution is 6.04. The monoisotopic (exact) mass is 364 g/mol. The van der Waals surface area contributed by atoms with Gasteiger partial charge in [-0.2, -0.15) is 4.98 Å². The summed E-state index contributed by atoms with van der Waals surface area (Å²) in [6.07, 6.45) is 0.639. The van der Waals surface area contributed by atoms with Gasteiger partial charge in [0.25, 0.3) is 5.91 Å². The first-order valence-electron chi connectivity index (χ1n) is 8.85. The summed E-state index contributed by atoms with van der Waals surface area (Å²) in [6.45, 7) is 7.78. The van der Waals surface area contributed by atoms with Crippen molar-refractivity contribution in [3.8, 4) is 0 Å². The van der Waals surface area contributed by atoms with Crippen molar-refractivity contribution in [3.63, 3.8) is 0 Å². The van der Waals surface area contributed by atoms with E-state index in [4.69, 9.17) is 9.26 Å². The molecule has 2 aliphatic heterocycles. The second-order valence-corrected chi connectivity index (χ2v) is 7.57. The van der Waals surface area contributed by atoms with Crippen molar-refractivity contribution in [2.75, 3.05) is 19.6 Å². The number of imide groups is 1. The second-order valence-electron chi connectivity index (χ2n) is 7.57. The number of piperidine rings is 1. The first kappa shape index (κ1) is 18.3. The molecule has 1 aromatic heterocycles. The molecule has 0 radical (unpaired) electrons. The lowest BCUT2D eigenvalue weighted by atomic mass is 9.96. The van der Waals surface area contributed by atoms with Crippen molar-refractivity contribution < 1.29 is 23.6 Å². The molecule has 26 heavy (non-hydrogen) atoms. The summed E-state index contributed by atoms with van der Waals surface area (Å²) >= 11 is 0. The van der Waals surface area contributed by atoms with Gasteiger partial charge < -0.3 is 14.2 Å². The van der Waals surface area contributed by atoms with Gasteiger partial charge in [-0.05, 0) is 26.7 Å². The Morgan fingerprint density at radius 2 is 1.92 bits per heavy atom. The van der Waals surface area contributed by atoms with Gasteiger partial charge in [0.05, 0.1) is 0 Å². The molecule has 0 unspecified atom stereocenters. The average molecular weight is 364 g/mol. The molecule has 9 nitrogen and oxygen atoms in total. The highest BCUT2D eigenvalue weighted by atomic mass is 16.6. The lowest BCUT2D eigenvalue weighted by Gasteiger charge is -2.31. The van der Waals surface area contributed by atoms with E-state index in [0.717, 1.165) is 4.90 Å². The number of cyclic esters (lactones) is 1. The first-order chi connectivity index (χ1) is 12.2. The summed E-state index contributed by atoms with van der Waals surface area (Å²) in [6, 6.07) is 0. The molecular weight excluding hydrogens is 340 g/mol. The summed E-state index contributed by atoms with van der Waals surface area (Å²) in [5.74, 6) is 0.873. The number of aromatic nitrogens is 2. The van der Waals surface area contributed by atoms with Crippen LogP contribution in [0.25, 0.3) is 0 Å². The van der Waals surface area contributed by atoms with Crippen LogP contribution in [0, 0.1) is 0 Å². The van der Waals surface area contributed by atoms with Gasteiger partial charge in [0.2, 0.25) is 11.8 Å². The van der Waals surface area contributed by atoms with E-state index in [1.165, 1.54) is 13.8 Å². The van der Waals surface area contributed by atoms with Crippen molar-refractivity contribution in [2.24, 2.45) is 0 Å². The highest BCUT2D eigenvalue weighted by Gasteiger charge is 2.48. The maximum atomic E-state index is 12.5. The van der Waals surface area contributed by atoms with Gasteiger partial charge in [-0.15, -0.1) is 0 Å². The Morgan fingerprint density at radius 1 is 1.27 bits per heavy atom. The van der Waals surface area contributed by atoms with Crippen LogP contribution in [0.5, 0.6) is 0 Å². The fourth-order valence-electron chi connectivity index (χ4n) is 3.12. The molecule has 0 spiro atoms. The predicted molar refractivity (Wildman–Crippen MR) is 89.2 cm³/mol. The standard InChI is InChI=1S/C17H24N4O5/c1-10(2)13-18-14(26-19-13)11-5-7-20(8-6-11)12(22)9-21-15(23)17(3,4)25-16(21)24/h10-11H,5-9H2,1-4H3. The third-order valence-corrected chi connectivity index (χ3v) is 4.79. The molecule has 2 fully saturated rings. The Labute approximate surface area is 151 Å². The molecule has 142 valence electrons. The van der Waals surface area contributed by atoms with Crippen LogP contribution >= 0.6 is 0 Å². The van der Waals surface area contributed by atoms with Gasteiger partial charge in [-0.1, -0.05) is 19.0 Å². The summed E-state index contributed by atoms with van der Waals surface area (Å²) in [5, 5.41) is 3.98. The Kier molecular flexibility index (Phi) is 4.72. The van der Waals surface area contributed by atoms with Gasteiger partial charge in [-0.3, -0.25) is 9.59 Å². The molecule has 0 N–H and O–H groups in total. The SMILES string of the molecule is CC(C)c1noc(C2CCN(C(=O)CN3C(=O)OC(C)(C)C3=O)CC2)n1. The molecule has 0 saturated carbocycles. The van der Waals surface area contributed by atoms with Crippen LogP contribution in [0.3, 0.4) is 0 Å². The normalized spacial score (nSPS) is 20.8. The van der Waals surface area contributed by atoms with E-state index in [1.807, 2.05) is 13.8 Å². The van der Waals surface area contributed by atoms with Crippen LogP contribution in [0.4, 0.5) is 4.79 Å². The van der Waals surface area contributed by atoms with Crippen LogP contribution in [0.2, 0.25) is 0 Å². The largest absolute Gasteiger partial charge is 0.433 e. The molecular formula is C17H24N4O5. The Morgan fingerprint density at radius 3 is 2.42 bits per heavy atom. The summed E-state index contributed by atoms with van der Waals surface area (Å²) in [7, 11) is 0. The van der Waals surface area contributed by atoms with Crippen molar-refractivity contribution in [1.82, 2.24) is 19.9 Å². The van der Waals surface area contributed by atoms with Crippen LogP contribution in [0.15, 0.2) is 4.52 Å². The minimum absolute atomic E-state index is 0.122. The molecule has 2 aliphatic rings. The van der Waals surface area contributed by atoms with Crippen LogP contribution in [0.1, 0.15) is 64.1 Å². The number of amides is 3. The number of rotatable bonds is 4. The number of hydrogen-bond acceptors (Lipinski definition) is 7. The summed E-state index contributed by atoms with van der Waals surface area (Å²) < 4.78 is 10.3. The molecule has 0 aliphatic carbocycles. The molecule has 3 amide bonds. The number of carbonyl (C=O) groups excluding carboxylic acids is 3. The van der Waals surface area contributed by atoms with E-state index in [-0.39, 0.29) is 24.3 Å². The Hall–Kier alpha value is -2.45. The van der Waals surface area contributed by atoms with Crippen molar-refractivity contribution >= 4 is 17.9 Å².